The van der Waals surface area contributed by atoms with Crippen molar-refractivity contribution in [3.05, 3.63) is 22.8 Å². The zero-order valence-corrected chi connectivity index (χ0v) is 7.74. The van der Waals surface area contributed by atoms with Gasteiger partial charge in [0.15, 0.2) is 0 Å². The summed E-state index contributed by atoms with van der Waals surface area (Å²) in [6.07, 6.45) is -0.323. The first-order valence-corrected chi connectivity index (χ1v) is 3.84. The number of nitrogens with zero attached hydrogens (tertiary/aromatic N) is 1. The zero-order chi connectivity index (χ0) is 11.1. The standard InChI is InChI=1S/C8H11N3O3/c1-3-14-8(13)7(11-2)5(9)4-6(10)12/h3-4,9H2,1H3,(H2,10,12)/b7-5-. The molecule has 0 aromatic carbocycles. The minimum Gasteiger partial charge on any atom is -0.471 e. The van der Waals surface area contributed by atoms with Crippen LogP contribution in [0.4, 0.5) is 0 Å². The van der Waals surface area contributed by atoms with E-state index in [2.05, 4.69) is 9.58 Å². The molecular formula is C8H11N3O3. The third kappa shape index (κ3) is 3.58. The number of rotatable bonds is 4. The Morgan fingerprint density at radius 1 is 1.43 bits per heavy atom. The molecule has 0 rings (SSSR count). The van der Waals surface area contributed by atoms with E-state index in [0.717, 1.165) is 0 Å². The first kappa shape index (κ1) is 12.0. The van der Waals surface area contributed by atoms with Gasteiger partial charge in [0.1, 0.15) is 0 Å². The molecule has 4 N–H and O–H groups in total. The molecule has 1 amide bonds. The summed E-state index contributed by atoms with van der Waals surface area (Å²) in [5, 5.41) is 0. The van der Waals surface area contributed by atoms with Crippen LogP contribution in [0.2, 0.25) is 0 Å². The summed E-state index contributed by atoms with van der Waals surface area (Å²) in [6, 6.07) is 0. The van der Waals surface area contributed by atoms with E-state index in [1.54, 1.807) is 6.92 Å². The van der Waals surface area contributed by atoms with E-state index in [1.165, 1.54) is 0 Å². The molecule has 0 spiro atoms. The van der Waals surface area contributed by atoms with Crippen LogP contribution in [0.15, 0.2) is 11.4 Å². The van der Waals surface area contributed by atoms with Gasteiger partial charge in [0.25, 0.3) is 5.70 Å². The summed E-state index contributed by atoms with van der Waals surface area (Å²) in [4.78, 5) is 24.4. The third-order valence-corrected chi connectivity index (χ3v) is 1.25. The molecule has 0 saturated heterocycles. The van der Waals surface area contributed by atoms with E-state index < -0.39 is 11.9 Å². The number of carbonyl (C=O) groups excluding carboxylic acids is 2. The van der Waals surface area contributed by atoms with Crippen molar-refractivity contribution < 1.29 is 14.3 Å². The minimum atomic E-state index is -0.832. The summed E-state index contributed by atoms with van der Waals surface area (Å²) in [5.41, 5.74) is 9.63. The quantitative estimate of drug-likeness (QED) is 0.361. The maximum atomic E-state index is 11.1. The molecular weight excluding hydrogens is 186 g/mol. The van der Waals surface area contributed by atoms with Crippen LogP contribution in [0.25, 0.3) is 4.85 Å². The van der Waals surface area contributed by atoms with Gasteiger partial charge in [-0.3, -0.25) is 9.59 Å². The Balaban J connectivity index is 4.77. The Morgan fingerprint density at radius 2 is 2.00 bits per heavy atom. The van der Waals surface area contributed by atoms with Crippen LogP contribution < -0.4 is 11.5 Å². The lowest BCUT2D eigenvalue weighted by Gasteiger charge is -2.03. The highest BCUT2D eigenvalue weighted by molar-refractivity contribution is 5.92. The van der Waals surface area contributed by atoms with Gasteiger partial charge >= 0.3 is 5.97 Å². The number of primary amides is 1. The number of hydrogen-bond acceptors (Lipinski definition) is 4. The molecule has 0 radical (unpaired) electrons. The van der Waals surface area contributed by atoms with Gasteiger partial charge < -0.3 is 16.2 Å². The number of hydrogen-bond donors (Lipinski definition) is 2. The Bertz CT molecular complexity index is 314. The Hall–Kier alpha value is -2.03. The van der Waals surface area contributed by atoms with Crippen LogP contribution >= 0.6 is 0 Å². The van der Waals surface area contributed by atoms with Crippen LogP contribution in [0.3, 0.4) is 0 Å². The van der Waals surface area contributed by atoms with Gasteiger partial charge in [-0.05, 0) is 6.92 Å². The van der Waals surface area contributed by atoms with Gasteiger partial charge in [-0.25, -0.2) is 4.85 Å². The molecule has 76 valence electrons. The van der Waals surface area contributed by atoms with Crippen molar-refractivity contribution in [1.82, 2.24) is 0 Å². The fourth-order valence-electron chi connectivity index (χ4n) is 0.719. The van der Waals surface area contributed by atoms with E-state index in [1.807, 2.05) is 0 Å². The fraction of sp³-hybridized carbons (Fsp3) is 0.375. The molecule has 6 nitrogen and oxygen atoms in total. The minimum absolute atomic E-state index is 0.141. The number of ether oxygens (including phenoxy) is 1. The average molecular weight is 197 g/mol. The average Bonchev–Trinajstić information content (AvgIpc) is 2.04. The maximum Gasteiger partial charge on any atom is 0.338 e. The van der Waals surface area contributed by atoms with Gasteiger partial charge in [-0.2, -0.15) is 0 Å². The second-order valence-electron chi connectivity index (χ2n) is 2.35. The van der Waals surface area contributed by atoms with Crippen molar-refractivity contribution in [3.63, 3.8) is 0 Å². The molecule has 0 aromatic rings. The number of amides is 1. The third-order valence-electron chi connectivity index (χ3n) is 1.25. The molecule has 14 heavy (non-hydrogen) atoms. The van der Waals surface area contributed by atoms with E-state index in [4.69, 9.17) is 18.0 Å². The highest BCUT2D eigenvalue weighted by Crippen LogP contribution is 2.06. The van der Waals surface area contributed by atoms with Crippen LogP contribution in [0.5, 0.6) is 0 Å². The normalized spacial score (nSPS) is 11.1. The van der Waals surface area contributed by atoms with Crippen molar-refractivity contribution in [2.75, 3.05) is 6.61 Å². The van der Waals surface area contributed by atoms with E-state index in [-0.39, 0.29) is 24.4 Å². The zero-order valence-electron chi connectivity index (χ0n) is 7.74. The Kier molecular flexibility index (Phi) is 4.78. The second-order valence-corrected chi connectivity index (χ2v) is 2.35. The Morgan fingerprint density at radius 3 is 2.36 bits per heavy atom. The predicted molar refractivity (Wildman–Crippen MR) is 48.3 cm³/mol. The molecule has 0 aliphatic rings. The SMILES string of the molecule is [C-]#[N+]/C(C(=O)OCC)=C(\N)CC(N)=O. The van der Waals surface area contributed by atoms with Gasteiger partial charge in [0.05, 0.1) is 19.6 Å². The number of esters is 1. The molecule has 0 aliphatic heterocycles. The van der Waals surface area contributed by atoms with Gasteiger partial charge in [0.2, 0.25) is 5.91 Å². The molecule has 0 aliphatic carbocycles. The summed E-state index contributed by atoms with van der Waals surface area (Å²) in [6.45, 7) is 8.42. The van der Waals surface area contributed by atoms with Crippen LogP contribution in [0.1, 0.15) is 13.3 Å². The van der Waals surface area contributed by atoms with Crippen molar-refractivity contribution >= 4 is 11.9 Å². The van der Waals surface area contributed by atoms with Crippen LogP contribution in [-0.4, -0.2) is 18.5 Å². The van der Waals surface area contributed by atoms with Crippen LogP contribution in [-0.2, 0) is 14.3 Å². The largest absolute Gasteiger partial charge is 0.471 e. The van der Waals surface area contributed by atoms with Gasteiger partial charge in [0, 0.05) is 5.70 Å². The smallest absolute Gasteiger partial charge is 0.338 e. The predicted octanol–water partition coefficient (Wildman–Crippen LogP) is -0.486. The first-order chi connectivity index (χ1) is 6.52. The second kappa shape index (κ2) is 5.59. The monoisotopic (exact) mass is 197 g/mol. The molecule has 0 aromatic heterocycles. The highest BCUT2D eigenvalue weighted by atomic mass is 16.5. The lowest BCUT2D eigenvalue weighted by molar-refractivity contribution is -0.138. The van der Waals surface area contributed by atoms with Crippen molar-refractivity contribution in [2.24, 2.45) is 11.5 Å². The number of nitrogens with two attached hydrogens (primary N) is 2. The molecule has 0 heterocycles. The highest BCUT2D eigenvalue weighted by Gasteiger charge is 2.16. The van der Waals surface area contributed by atoms with Crippen molar-refractivity contribution in [2.45, 2.75) is 13.3 Å². The fourth-order valence-corrected chi connectivity index (χ4v) is 0.719. The van der Waals surface area contributed by atoms with Gasteiger partial charge in [-0.1, -0.05) is 0 Å². The van der Waals surface area contributed by atoms with E-state index in [0.29, 0.717) is 0 Å². The van der Waals surface area contributed by atoms with Crippen molar-refractivity contribution in [1.29, 1.82) is 0 Å². The molecule has 0 fully saturated rings. The topological polar surface area (TPSA) is 99.8 Å². The van der Waals surface area contributed by atoms with E-state index >= 15 is 0 Å². The maximum absolute atomic E-state index is 11.1. The molecule has 0 unspecified atom stereocenters. The molecule has 0 saturated carbocycles. The summed E-state index contributed by atoms with van der Waals surface area (Å²) >= 11 is 0. The molecule has 6 heteroatoms. The lowest BCUT2D eigenvalue weighted by Crippen LogP contribution is -2.18. The molecule has 0 bridgehead atoms. The summed E-state index contributed by atoms with van der Waals surface area (Å²) in [7, 11) is 0. The lowest BCUT2D eigenvalue weighted by atomic mass is 10.2. The molecule has 0 atom stereocenters. The van der Waals surface area contributed by atoms with Crippen molar-refractivity contribution in [3.8, 4) is 0 Å². The van der Waals surface area contributed by atoms with Crippen LogP contribution in [0, 0.1) is 6.57 Å². The summed E-state index contributed by atoms with van der Waals surface area (Å²) < 4.78 is 4.55. The van der Waals surface area contributed by atoms with E-state index in [9.17, 15) is 9.59 Å². The summed E-state index contributed by atoms with van der Waals surface area (Å²) in [5.74, 6) is -1.53. The van der Waals surface area contributed by atoms with Gasteiger partial charge in [-0.15, -0.1) is 0 Å². The first-order valence-electron chi connectivity index (χ1n) is 3.84. The Labute approximate surface area is 81.3 Å². The number of carbonyl (C=O) groups is 2.